The summed E-state index contributed by atoms with van der Waals surface area (Å²) in [6, 6.07) is 7.65. The van der Waals surface area contributed by atoms with Gasteiger partial charge in [0.15, 0.2) is 0 Å². The number of nitrogen functional groups attached to an aromatic ring is 1. The van der Waals surface area contributed by atoms with Crippen molar-refractivity contribution in [1.82, 2.24) is 15.3 Å². The summed E-state index contributed by atoms with van der Waals surface area (Å²) in [7, 11) is 3.07. The van der Waals surface area contributed by atoms with Gasteiger partial charge in [-0.2, -0.15) is 0 Å². The van der Waals surface area contributed by atoms with Gasteiger partial charge in [0.2, 0.25) is 11.9 Å². The summed E-state index contributed by atoms with van der Waals surface area (Å²) >= 11 is 12.9. The molecule has 7 nitrogen and oxygen atoms in total. The second kappa shape index (κ2) is 11.9. The molecule has 2 aromatic carbocycles. The van der Waals surface area contributed by atoms with Crippen molar-refractivity contribution in [3.63, 3.8) is 0 Å². The third-order valence-electron chi connectivity index (χ3n) is 5.60. The monoisotopic (exact) mass is 502 g/mol. The van der Waals surface area contributed by atoms with Crippen LogP contribution in [0.4, 0.5) is 5.95 Å². The molecule has 1 amide bonds. The van der Waals surface area contributed by atoms with Crippen LogP contribution < -0.4 is 20.5 Å². The van der Waals surface area contributed by atoms with Gasteiger partial charge >= 0.3 is 0 Å². The highest BCUT2D eigenvalue weighted by molar-refractivity contribution is 6.41. The first kappa shape index (κ1) is 25.6. The fourth-order valence-corrected chi connectivity index (χ4v) is 4.57. The van der Waals surface area contributed by atoms with E-state index in [0.29, 0.717) is 33.1 Å². The number of nitrogens with one attached hydrogen (secondary N) is 1. The average Bonchev–Trinajstić information content (AvgIpc) is 2.85. The summed E-state index contributed by atoms with van der Waals surface area (Å²) in [5.41, 5.74) is 7.77. The van der Waals surface area contributed by atoms with Crippen molar-refractivity contribution in [2.24, 2.45) is 0 Å². The van der Waals surface area contributed by atoms with E-state index in [1.807, 2.05) is 18.2 Å². The standard InChI is InChI=1S/C16H13Cl2N3O2.C9H15NO/c1-22-11-6-12(23-2)15(18)13(14(11)17)8-3-4-10-9(5-8)7-20-16(19)21-10;1-2-9(11)10-8-6-4-3-5-7-8/h3-7H,1-2H3,(H2,19,20,21);2,8H,1,3-7H2,(H,10,11). The second-order valence-electron chi connectivity index (χ2n) is 7.83. The highest BCUT2D eigenvalue weighted by Gasteiger charge is 2.19. The zero-order valence-electron chi connectivity index (χ0n) is 19.2. The van der Waals surface area contributed by atoms with Crippen LogP contribution in [0.3, 0.4) is 0 Å². The Hall–Kier alpha value is -3.03. The van der Waals surface area contributed by atoms with E-state index in [-0.39, 0.29) is 11.9 Å². The number of hydrogen-bond acceptors (Lipinski definition) is 6. The maximum atomic E-state index is 10.9. The van der Waals surface area contributed by atoms with Crippen molar-refractivity contribution in [3.8, 4) is 22.6 Å². The van der Waals surface area contributed by atoms with Crippen LogP contribution in [0.25, 0.3) is 22.0 Å². The summed E-state index contributed by atoms with van der Waals surface area (Å²) in [4.78, 5) is 19.0. The molecule has 3 N–H and O–H groups in total. The second-order valence-corrected chi connectivity index (χ2v) is 8.59. The molecular formula is C25H28Cl2N4O3. The van der Waals surface area contributed by atoms with Gasteiger partial charge < -0.3 is 20.5 Å². The fraction of sp³-hybridized carbons (Fsp3) is 0.320. The van der Waals surface area contributed by atoms with Gasteiger partial charge in [-0.3, -0.25) is 4.79 Å². The van der Waals surface area contributed by atoms with Gasteiger partial charge in [0.1, 0.15) is 11.5 Å². The lowest BCUT2D eigenvalue weighted by atomic mass is 9.95. The first-order valence-electron chi connectivity index (χ1n) is 10.9. The van der Waals surface area contributed by atoms with Gasteiger partial charge in [-0.15, -0.1) is 0 Å². The molecule has 1 fully saturated rings. The zero-order valence-corrected chi connectivity index (χ0v) is 20.7. The van der Waals surface area contributed by atoms with E-state index >= 15 is 0 Å². The van der Waals surface area contributed by atoms with Crippen molar-refractivity contribution in [1.29, 1.82) is 0 Å². The van der Waals surface area contributed by atoms with Gasteiger partial charge in [-0.1, -0.05) is 55.1 Å². The number of benzene rings is 2. The maximum Gasteiger partial charge on any atom is 0.243 e. The molecule has 0 aliphatic heterocycles. The van der Waals surface area contributed by atoms with Crippen molar-refractivity contribution < 1.29 is 14.3 Å². The molecule has 1 aliphatic rings. The number of anilines is 1. The minimum Gasteiger partial charge on any atom is -0.495 e. The molecule has 4 rings (SSSR count). The van der Waals surface area contributed by atoms with Gasteiger partial charge in [-0.05, 0) is 36.6 Å². The van der Waals surface area contributed by atoms with Gasteiger partial charge in [0.05, 0.1) is 29.8 Å². The maximum absolute atomic E-state index is 10.9. The summed E-state index contributed by atoms with van der Waals surface area (Å²) in [6.07, 6.45) is 9.10. The first-order chi connectivity index (χ1) is 16.4. The molecule has 0 spiro atoms. The summed E-state index contributed by atoms with van der Waals surface area (Å²) in [6.45, 7) is 3.41. The Kier molecular flexibility index (Phi) is 8.96. The Morgan fingerprint density at radius 2 is 1.76 bits per heavy atom. The predicted octanol–water partition coefficient (Wildman–Crippen LogP) is 5.82. The lowest BCUT2D eigenvalue weighted by Gasteiger charge is -2.21. The van der Waals surface area contributed by atoms with Crippen LogP contribution in [-0.2, 0) is 4.79 Å². The smallest absolute Gasteiger partial charge is 0.243 e. The van der Waals surface area contributed by atoms with Crippen LogP contribution in [0, 0.1) is 0 Å². The van der Waals surface area contributed by atoms with Crippen LogP contribution >= 0.6 is 23.2 Å². The molecule has 9 heteroatoms. The highest BCUT2D eigenvalue weighted by Crippen LogP contribution is 2.46. The molecular weight excluding hydrogens is 475 g/mol. The number of nitrogens with two attached hydrogens (primary N) is 1. The Balaban J connectivity index is 0.000000248. The molecule has 0 unspecified atom stereocenters. The van der Waals surface area contributed by atoms with Crippen LogP contribution in [0.5, 0.6) is 11.5 Å². The number of aromatic nitrogens is 2. The van der Waals surface area contributed by atoms with E-state index < -0.39 is 0 Å². The minimum absolute atomic E-state index is 0.0306. The molecule has 0 saturated heterocycles. The number of carbonyl (C=O) groups is 1. The number of halogens is 2. The Morgan fingerprint density at radius 3 is 2.35 bits per heavy atom. The van der Waals surface area contributed by atoms with Gasteiger partial charge in [0.25, 0.3) is 0 Å². The molecule has 0 bridgehead atoms. The van der Waals surface area contributed by atoms with E-state index in [4.69, 9.17) is 38.4 Å². The lowest BCUT2D eigenvalue weighted by Crippen LogP contribution is -2.34. The zero-order chi connectivity index (χ0) is 24.7. The van der Waals surface area contributed by atoms with Gasteiger partial charge in [-0.25, -0.2) is 9.97 Å². The number of amides is 1. The van der Waals surface area contributed by atoms with Crippen LogP contribution in [0.1, 0.15) is 32.1 Å². The molecule has 0 radical (unpaired) electrons. The van der Waals surface area contributed by atoms with Crippen LogP contribution in [0.15, 0.2) is 43.1 Å². The van der Waals surface area contributed by atoms with E-state index in [1.165, 1.54) is 39.6 Å². The molecule has 0 atom stereocenters. The highest BCUT2D eigenvalue weighted by atomic mass is 35.5. The molecule has 1 aliphatic carbocycles. The number of ether oxygens (including phenoxy) is 2. The molecule has 1 heterocycles. The largest absolute Gasteiger partial charge is 0.495 e. The number of rotatable bonds is 5. The third kappa shape index (κ3) is 6.10. The molecule has 180 valence electrons. The number of nitrogens with zero attached hydrogens (tertiary/aromatic N) is 2. The summed E-state index contributed by atoms with van der Waals surface area (Å²) < 4.78 is 10.6. The number of hydrogen-bond donors (Lipinski definition) is 2. The van der Waals surface area contributed by atoms with Crippen molar-refractivity contribution in [2.45, 2.75) is 38.1 Å². The van der Waals surface area contributed by atoms with E-state index in [2.05, 4.69) is 21.9 Å². The molecule has 1 saturated carbocycles. The Morgan fingerprint density at radius 1 is 1.12 bits per heavy atom. The Bertz CT molecular complexity index is 1150. The van der Waals surface area contributed by atoms with Crippen LogP contribution in [-0.4, -0.2) is 36.1 Å². The lowest BCUT2D eigenvalue weighted by molar-refractivity contribution is -0.117. The van der Waals surface area contributed by atoms with E-state index in [9.17, 15) is 4.79 Å². The topological polar surface area (TPSA) is 99.4 Å². The fourth-order valence-electron chi connectivity index (χ4n) is 3.85. The Labute approximate surface area is 209 Å². The van der Waals surface area contributed by atoms with E-state index in [1.54, 1.807) is 12.3 Å². The van der Waals surface area contributed by atoms with Crippen LogP contribution in [0.2, 0.25) is 10.0 Å². The van der Waals surface area contributed by atoms with Gasteiger partial charge in [0, 0.05) is 29.3 Å². The number of carbonyl (C=O) groups excluding carboxylic acids is 1. The predicted molar refractivity (Wildman–Crippen MR) is 138 cm³/mol. The van der Waals surface area contributed by atoms with E-state index in [0.717, 1.165) is 29.3 Å². The SMILES string of the molecule is C=CC(=O)NC1CCCCC1.COc1cc(OC)c(Cl)c(-c2ccc3nc(N)ncc3c2)c1Cl. The third-order valence-corrected chi connectivity index (χ3v) is 6.35. The summed E-state index contributed by atoms with van der Waals surface area (Å²) in [5, 5.41) is 4.56. The summed E-state index contributed by atoms with van der Waals surface area (Å²) in [5.74, 6) is 1.16. The normalized spacial score (nSPS) is 13.5. The number of methoxy groups -OCH3 is 2. The molecule has 3 aromatic rings. The van der Waals surface area contributed by atoms with Crippen molar-refractivity contribution >= 4 is 46.0 Å². The first-order valence-corrected chi connectivity index (χ1v) is 11.7. The quantitative estimate of drug-likeness (QED) is 0.426. The van der Waals surface area contributed by atoms with Crippen molar-refractivity contribution in [3.05, 3.63) is 53.2 Å². The average molecular weight is 503 g/mol. The molecule has 34 heavy (non-hydrogen) atoms. The molecule has 1 aromatic heterocycles. The van der Waals surface area contributed by atoms with Crippen molar-refractivity contribution in [2.75, 3.05) is 20.0 Å². The number of fused-ring (bicyclic) bond motifs is 1. The minimum atomic E-state index is -0.0306.